The number of aryl methyl sites for hydroxylation is 1. The van der Waals surface area contributed by atoms with Crippen molar-refractivity contribution in [1.29, 1.82) is 0 Å². The van der Waals surface area contributed by atoms with Gasteiger partial charge in [-0.15, -0.1) is 0 Å². The zero-order chi connectivity index (χ0) is 22.4. The van der Waals surface area contributed by atoms with Gasteiger partial charge in [0.25, 0.3) is 5.91 Å². The van der Waals surface area contributed by atoms with Gasteiger partial charge in [0.1, 0.15) is 18.3 Å². The number of fused-ring (bicyclic) bond motifs is 1. The summed E-state index contributed by atoms with van der Waals surface area (Å²) < 4.78 is 7.21. The number of hydrogen-bond acceptors (Lipinski definition) is 5. The molecule has 5 N–H and O–H groups in total. The van der Waals surface area contributed by atoms with E-state index in [0.29, 0.717) is 37.9 Å². The molecule has 0 aliphatic heterocycles. The third-order valence-electron chi connectivity index (χ3n) is 5.70. The SMILES string of the molecule is Cn1c(C(=O)NC(CCCN)C(=O)NC2CCCC2OCC(=O)O)cc2ccccc21. The molecule has 168 valence electrons. The van der Waals surface area contributed by atoms with Gasteiger partial charge in [-0.3, -0.25) is 9.59 Å². The van der Waals surface area contributed by atoms with Crippen LogP contribution >= 0.6 is 0 Å². The highest BCUT2D eigenvalue weighted by atomic mass is 16.5. The fraction of sp³-hybridized carbons (Fsp3) is 0.500. The topological polar surface area (TPSA) is 136 Å². The molecule has 3 rings (SSSR count). The first-order valence-electron chi connectivity index (χ1n) is 10.6. The number of carboxylic acid groups (broad SMARTS) is 1. The molecule has 1 aromatic heterocycles. The van der Waals surface area contributed by atoms with Gasteiger partial charge >= 0.3 is 5.97 Å². The number of hydrogen-bond donors (Lipinski definition) is 4. The molecule has 1 aromatic carbocycles. The predicted molar refractivity (Wildman–Crippen MR) is 116 cm³/mol. The van der Waals surface area contributed by atoms with Gasteiger partial charge in [-0.1, -0.05) is 18.2 Å². The molecular weight excluding hydrogens is 400 g/mol. The molecule has 2 amide bonds. The van der Waals surface area contributed by atoms with Gasteiger partial charge in [-0.05, 0) is 50.8 Å². The molecule has 0 radical (unpaired) electrons. The summed E-state index contributed by atoms with van der Waals surface area (Å²) in [6.45, 7) is 0.00684. The van der Waals surface area contributed by atoms with E-state index in [1.165, 1.54) is 0 Å². The second-order valence-corrected chi connectivity index (χ2v) is 7.89. The average molecular weight is 431 g/mol. The third-order valence-corrected chi connectivity index (χ3v) is 5.70. The largest absolute Gasteiger partial charge is 0.480 e. The van der Waals surface area contributed by atoms with Crippen LogP contribution in [-0.2, 0) is 21.4 Å². The van der Waals surface area contributed by atoms with Crippen LogP contribution in [0.3, 0.4) is 0 Å². The fourth-order valence-electron chi connectivity index (χ4n) is 4.08. The van der Waals surface area contributed by atoms with Crippen molar-refractivity contribution in [3.63, 3.8) is 0 Å². The molecule has 1 aliphatic carbocycles. The van der Waals surface area contributed by atoms with Crippen LogP contribution in [0, 0.1) is 0 Å². The van der Waals surface area contributed by atoms with Crippen LogP contribution in [0.4, 0.5) is 0 Å². The minimum absolute atomic E-state index is 0.276. The first-order chi connectivity index (χ1) is 14.9. The highest BCUT2D eigenvalue weighted by Gasteiger charge is 2.32. The van der Waals surface area contributed by atoms with Crippen molar-refractivity contribution in [3.05, 3.63) is 36.0 Å². The number of amides is 2. The molecule has 0 bridgehead atoms. The normalized spacial score (nSPS) is 19.3. The molecule has 1 saturated carbocycles. The molecular formula is C22H30N4O5. The van der Waals surface area contributed by atoms with Crippen molar-refractivity contribution in [2.75, 3.05) is 13.2 Å². The van der Waals surface area contributed by atoms with E-state index in [1.807, 2.05) is 31.3 Å². The second kappa shape index (κ2) is 10.4. The molecule has 1 aliphatic rings. The molecule has 0 spiro atoms. The molecule has 3 atom stereocenters. The Morgan fingerprint density at radius 2 is 2.06 bits per heavy atom. The van der Waals surface area contributed by atoms with E-state index < -0.39 is 18.6 Å². The molecule has 31 heavy (non-hydrogen) atoms. The predicted octanol–water partition coefficient (Wildman–Crippen LogP) is 1.15. The number of carbonyl (C=O) groups excluding carboxylic acids is 2. The van der Waals surface area contributed by atoms with E-state index in [9.17, 15) is 14.4 Å². The van der Waals surface area contributed by atoms with Crippen molar-refractivity contribution in [2.45, 2.75) is 50.3 Å². The first kappa shape index (κ1) is 22.8. The van der Waals surface area contributed by atoms with E-state index in [0.717, 1.165) is 17.3 Å². The average Bonchev–Trinajstić information content (AvgIpc) is 3.33. The second-order valence-electron chi connectivity index (χ2n) is 7.89. The lowest BCUT2D eigenvalue weighted by Gasteiger charge is -2.24. The van der Waals surface area contributed by atoms with Gasteiger partial charge in [0.2, 0.25) is 5.91 Å². The molecule has 3 unspecified atom stereocenters. The Labute approximate surface area is 180 Å². The maximum absolute atomic E-state index is 13.0. The number of benzene rings is 1. The minimum atomic E-state index is -1.04. The van der Waals surface area contributed by atoms with E-state index in [-0.39, 0.29) is 24.0 Å². The van der Waals surface area contributed by atoms with Crippen LogP contribution < -0.4 is 16.4 Å². The van der Waals surface area contributed by atoms with Crippen LogP contribution in [0.5, 0.6) is 0 Å². The smallest absolute Gasteiger partial charge is 0.329 e. The number of aromatic nitrogens is 1. The lowest BCUT2D eigenvalue weighted by atomic mass is 10.1. The van der Waals surface area contributed by atoms with Gasteiger partial charge < -0.3 is 30.8 Å². The van der Waals surface area contributed by atoms with Crippen molar-refractivity contribution in [2.24, 2.45) is 12.8 Å². The lowest BCUT2D eigenvalue weighted by Crippen LogP contribution is -2.52. The standard InChI is InChI=1S/C22H30N4O5/c1-26-17-9-3-2-6-14(17)12-18(26)22(30)25-16(8-5-11-23)21(29)24-15-7-4-10-19(15)31-13-20(27)28/h2-3,6,9,12,15-16,19H,4-5,7-8,10-11,13,23H2,1H3,(H,24,29)(H,25,30)(H,27,28). The zero-order valence-electron chi connectivity index (χ0n) is 17.7. The third kappa shape index (κ3) is 5.62. The Bertz CT molecular complexity index is 941. The zero-order valence-corrected chi connectivity index (χ0v) is 17.7. The Balaban J connectivity index is 1.68. The van der Waals surface area contributed by atoms with Gasteiger partial charge in [-0.2, -0.15) is 0 Å². The number of ether oxygens (including phenoxy) is 1. The molecule has 1 fully saturated rings. The Morgan fingerprint density at radius 3 is 2.77 bits per heavy atom. The number of aliphatic carboxylic acids is 1. The molecule has 2 aromatic rings. The Morgan fingerprint density at radius 1 is 1.29 bits per heavy atom. The summed E-state index contributed by atoms with van der Waals surface area (Å²) >= 11 is 0. The number of nitrogens with one attached hydrogen (secondary N) is 2. The van der Waals surface area contributed by atoms with Crippen molar-refractivity contribution >= 4 is 28.7 Å². The van der Waals surface area contributed by atoms with E-state index in [2.05, 4.69) is 10.6 Å². The summed E-state index contributed by atoms with van der Waals surface area (Å²) in [7, 11) is 1.81. The van der Waals surface area contributed by atoms with Crippen molar-refractivity contribution < 1.29 is 24.2 Å². The molecule has 9 nitrogen and oxygen atoms in total. The summed E-state index contributed by atoms with van der Waals surface area (Å²) in [6.07, 6.45) is 2.88. The first-order valence-corrected chi connectivity index (χ1v) is 10.6. The maximum atomic E-state index is 13.0. The van der Waals surface area contributed by atoms with E-state index in [1.54, 1.807) is 10.6 Å². The summed E-state index contributed by atoms with van der Waals surface area (Å²) in [5.74, 6) is -1.68. The van der Waals surface area contributed by atoms with Gasteiger partial charge in [0, 0.05) is 18.0 Å². The number of nitrogens with zero attached hydrogens (tertiary/aromatic N) is 1. The fourth-order valence-corrected chi connectivity index (χ4v) is 4.08. The van der Waals surface area contributed by atoms with Gasteiger partial charge in [-0.25, -0.2) is 4.79 Å². The summed E-state index contributed by atoms with van der Waals surface area (Å²) in [5.41, 5.74) is 7.02. The monoisotopic (exact) mass is 430 g/mol. The van der Waals surface area contributed by atoms with Crippen LogP contribution in [0.15, 0.2) is 30.3 Å². The van der Waals surface area contributed by atoms with Crippen LogP contribution in [-0.4, -0.2) is 58.8 Å². The molecule has 1 heterocycles. The summed E-state index contributed by atoms with van der Waals surface area (Å²) in [5, 5.41) is 15.6. The van der Waals surface area contributed by atoms with Crippen molar-refractivity contribution in [3.8, 4) is 0 Å². The van der Waals surface area contributed by atoms with Crippen LogP contribution in [0.1, 0.15) is 42.6 Å². The molecule has 9 heteroatoms. The summed E-state index contributed by atoms with van der Waals surface area (Å²) in [6, 6.07) is 8.47. The van der Waals surface area contributed by atoms with Crippen molar-refractivity contribution in [1.82, 2.24) is 15.2 Å². The maximum Gasteiger partial charge on any atom is 0.329 e. The van der Waals surface area contributed by atoms with E-state index >= 15 is 0 Å². The van der Waals surface area contributed by atoms with E-state index in [4.69, 9.17) is 15.6 Å². The number of nitrogens with two attached hydrogens (primary N) is 1. The number of para-hydroxylation sites is 1. The summed E-state index contributed by atoms with van der Waals surface area (Å²) in [4.78, 5) is 36.7. The highest BCUT2D eigenvalue weighted by Crippen LogP contribution is 2.23. The van der Waals surface area contributed by atoms with Gasteiger partial charge in [0.05, 0.1) is 12.1 Å². The number of rotatable bonds is 10. The number of carbonyl (C=O) groups is 3. The van der Waals surface area contributed by atoms with Crippen LogP contribution in [0.2, 0.25) is 0 Å². The quantitative estimate of drug-likeness (QED) is 0.447. The number of carboxylic acids is 1. The molecule has 0 saturated heterocycles. The Kier molecular flexibility index (Phi) is 7.64. The van der Waals surface area contributed by atoms with Crippen LogP contribution in [0.25, 0.3) is 10.9 Å². The highest BCUT2D eigenvalue weighted by molar-refractivity contribution is 6.00. The minimum Gasteiger partial charge on any atom is -0.480 e. The lowest BCUT2D eigenvalue weighted by molar-refractivity contribution is -0.144. The van der Waals surface area contributed by atoms with Gasteiger partial charge in [0.15, 0.2) is 0 Å². The Hall–Kier alpha value is -2.91.